The molecule has 5 nitrogen and oxygen atoms in total. The molecule has 6 heteroatoms. The Balaban J connectivity index is 1.96. The molecule has 20 heavy (non-hydrogen) atoms. The molecule has 0 bridgehead atoms. The first-order valence-electron chi connectivity index (χ1n) is 6.33. The largest absolute Gasteiger partial charge is 0.394 e. The Labute approximate surface area is 121 Å². The van der Waals surface area contributed by atoms with Gasteiger partial charge in [-0.1, -0.05) is 37.3 Å². The molecule has 2 aromatic rings. The molecule has 2 atom stereocenters. The number of rotatable bonds is 5. The minimum absolute atomic E-state index is 0.0169. The quantitative estimate of drug-likeness (QED) is 0.792. The second kappa shape index (κ2) is 7.02. The number of aromatic nitrogens is 1. The fourth-order valence-electron chi connectivity index (χ4n) is 1.90. The Morgan fingerprint density at radius 3 is 2.75 bits per heavy atom. The lowest BCUT2D eigenvalue weighted by molar-refractivity contribution is 0.215. The van der Waals surface area contributed by atoms with Gasteiger partial charge in [0.15, 0.2) is 5.13 Å². The predicted octanol–water partition coefficient (Wildman–Crippen LogP) is 2.43. The second-order valence-corrected chi connectivity index (χ2v) is 5.32. The molecule has 2 amide bonds. The highest BCUT2D eigenvalue weighted by atomic mass is 32.1. The van der Waals surface area contributed by atoms with Crippen molar-refractivity contribution in [2.75, 3.05) is 11.9 Å². The van der Waals surface area contributed by atoms with Gasteiger partial charge in [0.2, 0.25) is 0 Å². The van der Waals surface area contributed by atoms with E-state index in [9.17, 15) is 9.90 Å². The van der Waals surface area contributed by atoms with Crippen LogP contribution in [-0.2, 0) is 0 Å². The van der Waals surface area contributed by atoms with E-state index in [1.54, 1.807) is 11.6 Å². The van der Waals surface area contributed by atoms with Crippen LogP contribution in [0.3, 0.4) is 0 Å². The molecule has 1 heterocycles. The molecule has 2 unspecified atom stereocenters. The van der Waals surface area contributed by atoms with E-state index in [-0.39, 0.29) is 24.6 Å². The van der Waals surface area contributed by atoms with Crippen molar-refractivity contribution in [3.05, 3.63) is 47.5 Å². The zero-order valence-corrected chi connectivity index (χ0v) is 11.9. The smallest absolute Gasteiger partial charge is 0.321 e. The summed E-state index contributed by atoms with van der Waals surface area (Å²) in [5.74, 6) is 0.0169. The van der Waals surface area contributed by atoms with Crippen molar-refractivity contribution in [1.29, 1.82) is 0 Å². The molecule has 0 aliphatic carbocycles. The lowest BCUT2D eigenvalue weighted by Crippen LogP contribution is -2.43. The number of hydrogen-bond donors (Lipinski definition) is 3. The number of nitrogens with one attached hydrogen (secondary N) is 2. The van der Waals surface area contributed by atoms with Gasteiger partial charge in [-0.25, -0.2) is 9.78 Å². The van der Waals surface area contributed by atoms with Crippen molar-refractivity contribution in [3.63, 3.8) is 0 Å². The Morgan fingerprint density at radius 1 is 1.40 bits per heavy atom. The van der Waals surface area contributed by atoms with Crippen LogP contribution in [0.1, 0.15) is 18.4 Å². The molecule has 0 fully saturated rings. The number of thiazole rings is 1. The monoisotopic (exact) mass is 291 g/mol. The molecular weight excluding hydrogens is 274 g/mol. The second-order valence-electron chi connectivity index (χ2n) is 4.42. The fraction of sp³-hybridized carbons (Fsp3) is 0.286. The van der Waals surface area contributed by atoms with E-state index < -0.39 is 0 Å². The van der Waals surface area contributed by atoms with Crippen molar-refractivity contribution >= 4 is 22.5 Å². The predicted molar refractivity (Wildman–Crippen MR) is 80.0 cm³/mol. The van der Waals surface area contributed by atoms with Crippen LogP contribution in [0.4, 0.5) is 9.93 Å². The van der Waals surface area contributed by atoms with Gasteiger partial charge < -0.3 is 10.4 Å². The summed E-state index contributed by atoms with van der Waals surface area (Å²) in [7, 11) is 0. The van der Waals surface area contributed by atoms with Gasteiger partial charge in [0.05, 0.1) is 12.6 Å². The summed E-state index contributed by atoms with van der Waals surface area (Å²) in [5.41, 5.74) is 1.07. The molecule has 0 aliphatic heterocycles. The summed E-state index contributed by atoms with van der Waals surface area (Å²) in [6, 6.07) is 9.07. The standard InChI is InChI=1S/C14H17N3O2S/c1-10(11-5-3-2-4-6-11)12(9-18)16-13(19)17-14-15-7-8-20-14/h2-8,10,12,18H,9H2,1H3,(H2,15,16,17,19). The third kappa shape index (κ3) is 3.79. The lowest BCUT2D eigenvalue weighted by Gasteiger charge is -2.23. The van der Waals surface area contributed by atoms with Crippen molar-refractivity contribution in [3.8, 4) is 0 Å². The summed E-state index contributed by atoms with van der Waals surface area (Å²) >= 11 is 1.35. The van der Waals surface area contributed by atoms with E-state index in [0.717, 1.165) is 5.56 Å². The molecule has 1 aromatic heterocycles. The third-order valence-corrected chi connectivity index (χ3v) is 3.78. The van der Waals surface area contributed by atoms with Crippen molar-refractivity contribution < 1.29 is 9.90 Å². The van der Waals surface area contributed by atoms with E-state index in [2.05, 4.69) is 15.6 Å². The first kappa shape index (κ1) is 14.5. The molecule has 3 N–H and O–H groups in total. The number of aliphatic hydroxyl groups excluding tert-OH is 1. The van der Waals surface area contributed by atoms with Crippen molar-refractivity contribution in [2.45, 2.75) is 18.9 Å². The number of anilines is 1. The van der Waals surface area contributed by atoms with E-state index in [1.165, 1.54) is 11.3 Å². The van der Waals surface area contributed by atoms with E-state index in [0.29, 0.717) is 5.13 Å². The summed E-state index contributed by atoms with van der Waals surface area (Å²) in [6.45, 7) is 1.85. The maximum Gasteiger partial charge on any atom is 0.321 e. The highest BCUT2D eigenvalue weighted by Crippen LogP contribution is 2.19. The Kier molecular flexibility index (Phi) is 5.09. The van der Waals surface area contributed by atoms with Crippen LogP contribution in [-0.4, -0.2) is 28.8 Å². The zero-order chi connectivity index (χ0) is 14.4. The Bertz CT molecular complexity index is 531. The normalized spacial score (nSPS) is 13.5. The molecule has 0 spiro atoms. The number of nitrogens with zero attached hydrogens (tertiary/aromatic N) is 1. The number of carbonyl (C=O) groups excluding carboxylic acids is 1. The van der Waals surface area contributed by atoms with E-state index in [1.807, 2.05) is 37.3 Å². The molecule has 0 saturated heterocycles. The Hall–Kier alpha value is -1.92. The van der Waals surface area contributed by atoms with Gasteiger partial charge in [-0.3, -0.25) is 5.32 Å². The first-order valence-corrected chi connectivity index (χ1v) is 7.21. The molecule has 0 radical (unpaired) electrons. The summed E-state index contributed by atoms with van der Waals surface area (Å²) in [5, 5.41) is 17.2. The summed E-state index contributed by atoms with van der Waals surface area (Å²) < 4.78 is 0. The van der Waals surface area contributed by atoms with Crippen LogP contribution in [0.5, 0.6) is 0 Å². The molecule has 1 aromatic carbocycles. The number of carbonyl (C=O) groups is 1. The first-order chi connectivity index (χ1) is 9.70. The zero-order valence-electron chi connectivity index (χ0n) is 11.1. The van der Waals surface area contributed by atoms with Crippen LogP contribution < -0.4 is 10.6 Å². The summed E-state index contributed by atoms with van der Waals surface area (Å²) in [6.07, 6.45) is 1.62. The van der Waals surface area contributed by atoms with Gasteiger partial charge >= 0.3 is 6.03 Å². The van der Waals surface area contributed by atoms with Gasteiger partial charge in [0.25, 0.3) is 0 Å². The molecule has 106 valence electrons. The SMILES string of the molecule is CC(c1ccccc1)C(CO)NC(=O)Nc1nccs1. The lowest BCUT2D eigenvalue weighted by atomic mass is 9.94. The number of urea groups is 1. The molecular formula is C14H17N3O2S. The minimum Gasteiger partial charge on any atom is -0.394 e. The van der Waals surface area contributed by atoms with Crippen molar-refractivity contribution in [1.82, 2.24) is 10.3 Å². The maximum absolute atomic E-state index is 11.8. The number of amides is 2. The molecule has 0 saturated carbocycles. The highest BCUT2D eigenvalue weighted by molar-refractivity contribution is 7.13. The molecule has 0 aliphatic rings. The van der Waals surface area contributed by atoms with Gasteiger partial charge in [-0.05, 0) is 5.56 Å². The van der Waals surface area contributed by atoms with Crippen LogP contribution in [0, 0.1) is 0 Å². The molecule has 2 rings (SSSR count). The van der Waals surface area contributed by atoms with Crippen LogP contribution in [0.25, 0.3) is 0 Å². The van der Waals surface area contributed by atoms with Crippen LogP contribution >= 0.6 is 11.3 Å². The third-order valence-electron chi connectivity index (χ3n) is 3.09. The maximum atomic E-state index is 11.8. The van der Waals surface area contributed by atoms with Gasteiger partial charge in [-0.15, -0.1) is 11.3 Å². The number of hydrogen-bond acceptors (Lipinski definition) is 4. The van der Waals surface area contributed by atoms with Gasteiger partial charge in [0.1, 0.15) is 0 Å². The number of benzene rings is 1. The summed E-state index contributed by atoms with van der Waals surface area (Å²) in [4.78, 5) is 15.8. The van der Waals surface area contributed by atoms with Gasteiger partial charge in [-0.2, -0.15) is 0 Å². The fourth-order valence-corrected chi connectivity index (χ4v) is 2.43. The van der Waals surface area contributed by atoms with Crippen LogP contribution in [0.2, 0.25) is 0 Å². The topological polar surface area (TPSA) is 74.2 Å². The highest BCUT2D eigenvalue weighted by Gasteiger charge is 2.20. The number of aliphatic hydroxyl groups is 1. The Morgan fingerprint density at radius 2 is 2.15 bits per heavy atom. The van der Waals surface area contributed by atoms with E-state index in [4.69, 9.17) is 0 Å². The average molecular weight is 291 g/mol. The minimum atomic E-state index is -0.359. The van der Waals surface area contributed by atoms with Crippen molar-refractivity contribution in [2.24, 2.45) is 0 Å². The van der Waals surface area contributed by atoms with E-state index >= 15 is 0 Å². The van der Waals surface area contributed by atoms with Gasteiger partial charge in [0, 0.05) is 17.5 Å². The average Bonchev–Trinajstić information content (AvgIpc) is 2.97. The van der Waals surface area contributed by atoms with Crippen LogP contribution in [0.15, 0.2) is 41.9 Å².